The van der Waals surface area contributed by atoms with Gasteiger partial charge in [0.05, 0.1) is 16.0 Å². The van der Waals surface area contributed by atoms with Gasteiger partial charge in [0.2, 0.25) is 5.89 Å². The molecule has 9 nitrogen and oxygen atoms in total. The lowest BCUT2D eigenvalue weighted by atomic mass is 10.2. The van der Waals surface area contributed by atoms with Gasteiger partial charge in [-0.3, -0.25) is 15.5 Å². The molecule has 3 rings (SSSR count). The van der Waals surface area contributed by atoms with Crippen LogP contribution in [-0.4, -0.2) is 26.4 Å². The van der Waals surface area contributed by atoms with E-state index in [0.717, 1.165) is 17.3 Å². The van der Waals surface area contributed by atoms with Crippen LogP contribution < -0.4 is 11.2 Å². The molecule has 0 radical (unpaired) electrons. The molecule has 0 fully saturated rings. The number of nitrogens with one attached hydrogen (secondary N) is 1. The van der Waals surface area contributed by atoms with E-state index in [0.29, 0.717) is 16.3 Å². The lowest BCUT2D eigenvalue weighted by molar-refractivity contribution is -0.387. The third-order valence-corrected chi connectivity index (χ3v) is 4.19. The van der Waals surface area contributed by atoms with Crippen molar-refractivity contribution in [2.75, 3.05) is 0 Å². The summed E-state index contributed by atoms with van der Waals surface area (Å²) in [6, 6.07) is 13.9. The topological polar surface area (TPSA) is 132 Å². The van der Waals surface area contributed by atoms with E-state index < -0.39 is 4.92 Å². The van der Waals surface area contributed by atoms with E-state index in [4.69, 9.17) is 10.2 Å². The summed E-state index contributed by atoms with van der Waals surface area (Å²) in [5, 5.41) is 23.3. The SMILES string of the molecule is NC(=S)NN=Cc1ccc(Sc2nnc(-c3ccccc3)o2)c([N+](=O)[O-])c1. The number of hydrazone groups is 1. The van der Waals surface area contributed by atoms with Gasteiger partial charge in [-0.15, -0.1) is 10.2 Å². The van der Waals surface area contributed by atoms with Crippen molar-refractivity contribution in [2.45, 2.75) is 10.1 Å². The van der Waals surface area contributed by atoms with Crippen LogP contribution in [0.3, 0.4) is 0 Å². The molecule has 0 amide bonds. The molecule has 27 heavy (non-hydrogen) atoms. The molecule has 136 valence electrons. The van der Waals surface area contributed by atoms with Crippen LogP contribution in [0, 0.1) is 10.1 Å². The minimum atomic E-state index is -0.491. The summed E-state index contributed by atoms with van der Waals surface area (Å²) in [5.74, 6) is 0.341. The summed E-state index contributed by atoms with van der Waals surface area (Å²) in [6.45, 7) is 0. The van der Waals surface area contributed by atoms with Gasteiger partial charge in [0, 0.05) is 17.2 Å². The van der Waals surface area contributed by atoms with Crippen molar-refractivity contribution < 1.29 is 9.34 Å². The fourth-order valence-electron chi connectivity index (χ4n) is 2.06. The Morgan fingerprint density at radius 2 is 2.07 bits per heavy atom. The lowest BCUT2D eigenvalue weighted by Crippen LogP contribution is -2.23. The molecule has 1 aromatic heterocycles. The van der Waals surface area contributed by atoms with Gasteiger partial charge in [0.15, 0.2) is 5.11 Å². The summed E-state index contributed by atoms with van der Waals surface area (Å²) in [7, 11) is 0. The van der Waals surface area contributed by atoms with Gasteiger partial charge < -0.3 is 10.2 Å². The Morgan fingerprint density at radius 3 is 2.78 bits per heavy atom. The first-order valence-electron chi connectivity index (χ1n) is 7.46. The number of hydrogen-bond donors (Lipinski definition) is 2. The number of nitro benzene ring substituents is 1. The van der Waals surface area contributed by atoms with Crippen molar-refractivity contribution >= 4 is 41.0 Å². The summed E-state index contributed by atoms with van der Waals surface area (Å²) in [4.78, 5) is 11.3. The number of rotatable bonds is 6. The molecule has 11 heteroatoms. The fourth-order valence-corrected chi connectivity index (χ4v) is 2.87. The van der Waals surface area contributed by atoms with E-state index in [1.807, 2.05) is 30.3 Å². The quantitative estimate of drug-likeness (QED) is 0.277. The zero-order valence-electron chi connectivity index (χ0n) is 13.6. The second-order valence-corrected chi connectivity index (χ2v) is 6.49. The molecule has 0 spiro atoms. The molecular weight excluding hydrogens is 388 g/mol. The van der Waals surface area contributed by atoms with Gasteiger partial charge in [-0.1, -0.05) is 24.3 Å². The third-order valence-electron chi connectivity index (χ3n) is 3.19. The normalized spacial score (nSPS) is 10.8. The summed E-state index contributed by atoms with van der Waals surface area (Å²) in [6.07, 6.45) is 1.38. The predicted molar refractivity (Wildman–Crippen MR) is 104 cm³/mol. The van der Waals surface area contributed by atoms with Gasteiger partial charge in [0.25, 0.3) is 10.9 Å². The smallest absolute Gasteiger partial charge is 0.284 e. The molecule has 0 bridgehead atoms. The highest BCUT2D eigenvalue weighted by atomic mass is 32.2. The van der Waals surface area contributed by atoms with Crippen LogP contribution in [0.25, 0.3) is 11.5 Å². The zero-order valence-corrected chi connectivity index (χ0v) is 15.2. The summed E-state index contributed by atoms with van der Waals surface area (Å²) in [5.41, 5.74) is 8.81. The minimum Gasteiger partial charge on any atom is -0.411 e. The molecule has 0 unspecified atom stereocenters. The number of aromatic nitrogens is 2. The van der Waals surface area contributed by atoms with Crippen LogP contribution >= 0.6 is 24.0 Å². The first-order valence-corrected chi connectivity index (χ1v) is 8.69. The predicted octanol–water partition coefficient (Wildman–Crippen LogP) is 2.96. The van der Waals surface area contributed by atoms with Crippen molar-refractivity contribution in [3.8, 4) is 11.5 Å². The Kier molecular flexibility index (Phi) is 5.74. The van der Waals surface area contributed by atoms with Crippen molar-refractivity contribution in [1.29, 1.82) is 0 Å². The highest BCUT2D eigenvalue weighted by Crippen LogP contribution is 2.35. The second-order valence-electron chi connectivity index (χ2n) is 5.06. The Balaban J connectivity index is 1.82. The van der Waals surface area contributed by atoms with Crippen molar-refractivity contribution in [2.24, 2.45) is 10.8 Å². The Hall–Kier alpha value is -3.31. The van der Waals surface area contributed by atoms with E-state index >= 15 is 0 Å². The standard InChI is InChI=1S/C16H12N6O3S2/c17-15(26)20-18-9-10-6-7-13(12(8-10)22(23)24)27-16-21-19-14(25-16)11-4-2-1-3-5-11/h1-9H,(H3,17,20,26). The van der Waals surface area contributed by atoms with E-state index in [9.17, 15) is 10.1 Å². The molecular formula is C16H12N6O3S2. The van der Waals surface area contributed by atoms with Crippen LogP contribution in [0.1, 0.15) is 5.56 Å². The number of nitro groups is 1. The van der Waals surface area contributed by atoms with Gasteiger partial charge in [0.1, 0.15) is 0 Å². The first-order chi connectivity index (χ1) is 13.0. The Morgan fingerprint density at radius 1 is 1.30 bits per heavy atom. The Labute approximate surface area is 162 Å². The molecule has 0 aliphatic heterocycles. The maximum Gasteiger partial charge on any atom is 0.284 e. The highest BCUT2D eigenvalue weighted by Gasteiger charge is 2.18. The van der Waals surface area contributed by atoms with Gasteiger partial charge in [-0.2, -0.15) is 5.10 Å². The van der Waals surface area contributed by atoms with E-state index in [1.54, 1.807) is 12.1 Å². The molecule has 0 atom stereocenters. The minimum absolute atomic E-state index is 0.00135. The van der Waals surface area contributed by atoms with Crippen LogP contribution in [0.15, 0.2) is 68.2 Å². The van der Waals surface area contributed by atoms with Crippen LogP contribution in [0.5, 0.6) is 0 Å². The maximum absolute atomic E-state index is 11.4. The van der Waals surface area contributed by atoms with E-state index in [1.165, 1.54) is 12.3 Å². The maximum atomic E-state index is 11.4. The molecule has 0 aliphatic rings. The van der Waals surface area contributed by atoms with Crippen LogP contribution in [0.4, 0.5) is 5.69 Å². The van der Waals surface area contributed by atoms with Crippen molar-refractivity contribution in [1.82, 2.24) is 15.6 Å². The molecule has 1 heterocycles. The molecule has 0 aliphatic carbocycles. The summed E-state index contributed by atoms with van der Waals surface area (Å²) < 4.78 is 5.58. The number of nitrogens with two attached hydrogens (primary N) is 1. The van der Waals surface area contributed by atoms with E-state index in [2.05, 4.69) is 32.9 Å². The zero-order chi connectivity index (χ0) is 19.2. The van der Waals surface area contributed by atoms with Gasteiger partial charge in [-0.25, -0.2) is 0 Å². The average molecular weight is 400 g/mol. The van der Waals surface area contributed by atoms with Crippen LogP contribution in [-0.2, 0) is 0 Å². The van der Waals surface area contributed by atoms with Crippen LogP contribution in [0.2, 0.25) is 0 Å². The molecule has 2 aromatic carbocycles. The first kappa shape index (κ1) is 18.5. The highest BCUT2D eigenvalue weighted by molar-refractivity contribution is 7.99. The number of thiocarbonyl (C=S) groups is 1. The summed E-state index contributed by atoms with van der Waals surface area (Å²) >= 11 is 5.64. The van der Waals surface area contributed by atoms with Gasteiger partial charge in [-0.05, 0) is 42.2 Å². The molecule has 3 aromatic rings. The lowest BCUT2D eigenvalue weighted by Gasteiger charge is -2.01. The fraction of sp³-hybridized carbons (Fsp3) is 0. The third kappa shape index (κ3) is 4.86. The van der Waals surface area contributed by atoms with Gasteiger partial charge >= 0.3 is 0 Å². The molecule has 0 saturated carbocycles. The second kappa shape index (κ2) is 8.38. The van der Waals surface area contributed by atoms with Crippen molar-refractivity contribution in [3.05, 3.63) is 64.2 Å². The largest absolute Gasteiger partial charge is 0.411 e. The molecule has 0 saturated heterocycles. The number of benzene rings is 2. The van der Waals surface area contributed by atoms with Crippen molar-refractivity contribution in [3.63, 3.8) is 0 Å². The Bertz CT molecular complexity index is 1010. The molecule has 3 N–H and O–H groups in total. The number of hydrogen-bond acceptors (Lipinski definition) is 8. The average Bonchev–Trinajstić information content (AvgIpc) is 3.11. The number of nitrogens with zero attached hydrogens (tertiary/aromatic N) is 4. The monoisotopic (exact) mass is 400 g/mol. The van der Waals surface area contributed by atoms with E-state index in [-0.39, 0.29) is 16.0 Å².